The third-order valence-electron chi connectivity index (χ3n) is 4.60. The number of likely N-dealkylation sites (tertiary alicyclic amines) is 1. The molecule has 20 heavy (non-hydrogen) atoms. The number of carbonyl (C=O) groups is 1. The lowest BCUT2D eigenvalue weighted by Crippen LogP contribution is -2.52. The molecular formula is C15H31NO3Si. The van der Waals surface area contributed by atoms with Crippen molar-refractivity contribution < 1.29 is 14.3 Å². The van der Waals surface area contributed by atoms with E-state index in [-0.39, 0.29) is 5.91 Å². The summed E-state index contributed by atoms with van der Waals surface area (Å²) in [5.41, 5.74) is 1.31. The second-order valence-electron chi connectivity index (χ2n) is 6.83. The minimum absolute atomic E-state index is 0.138. The van der Waals surface area contributed by atoms with E-state index in [1.807, 2.05) is 0 Å². The molecule has 0 bridgehead atoms. The van der Waals surface area contributed by atoms with Crippen LogP contribution in [-0.2, 0) is 9.22 Å². The van der Waals surface area contributed by atoms with Crippen molar-refractivity contribution in [1.82, 2.24) is 4.90 Å². The van der Waals surface area contributed by atoms with E-state index in [1.54, 1.807) is 4.90 Å². The Bertz CT molecular complexity index is 309. The van der Waals surface area contributed by atoms with E-state index in [9.17, 15) is 9.90 Å². The summed E-state index contributed by atoms with van der Waals surface area (Å²) in [4.78, 5) is 13.4. The zero-order chi connectivity index (χ0) is 15.5. The topological polar surface area (TPSA) is 49.8 Å². The van der Waals surface area contributed by atoms with Crippen LogP contribution >= 0.6 is 0 Å². The molecule has 1 rings (SSSR count). The lowest BCUT2D eigenvalue weighted by molar-refractivity contribution is -0.132. The molecule has 118 valence electrons. The van der Waals surface area contributed by atoms with Gasteiger partial charge in [-0.2, -0.15) is 0 Å². The average Bonchev–Trinajstić information content (AvgIpc) is 2.70. The molecule has 0 aromatic heterocycles. The fourth-order valence-corrected chi connectivity index (χ4v) is 9.13. The van der Waals surface area contributed by atoms with Gasteiger partial charge in [-0.3, -0.25) is 4.79 Å². The number of aliphatic hydroxyl groups excluding tert-OH is 1. The van der Waals surface area contributed by atoms with Gasteiger partial charge in [0.1, 0.15) is 0 Å². The van der Waals surface area contributed by atoms with Crippen LogP contribution < -0.4 is 0 Å². The number of rotatable bonds is 7. The largest absolute Gasteiger partial charge is 0.390 e. The van der Waals surface area contributed by atoms with Gasteiger partial charge >= 0.3 is 0 Å². The predicted octanol–water partition coefficient (Wildman–Crippen LogP) is 3.12. The van der Waals surface area contributed by atoms with Crippen LogP contribution in [0.25, 0.3) is 0 Å². The van der Waals surface area contributed by atoms with E-state index in [0.29, 0.717) is 29.6 Å². The van der Waals surface area contributed by atoms with E-state index >= 15 is 0 Å². The lowest BCUT2D eigenvalue weighted by Gasteiger charge is -2.43. The summed E-state index contributed by atoms with van der Waals surface area (Å²) in [6.07, 6.45) is 0.649. The number of nitrogens with zero attached hydrogens (tertiary/aromatic N) is 1. The third-order valence-corrected chi connectivity index (χ3v) is 10.7. The lowest BCUT2D eigenvalue weighted by atomic mass is 10.4. The summed E-state index contributed by atoms with van der Waals surface area (Å²) in [6.45, 7) is 14.2. The fourth-order valence-electron chi connectivity index (χ4n) is 3.77. The number of aliphatic hydroxyl groups is 1. The molecule has 1 aliphatic heterocycles. The van der Waals surface area contributed by atoms with Crippen molar-refractivity contribution in [3.8, 4) is 0 Å². The first-order chi connectivity index (χ1) is 9.21. The van der Waals surface area contributed by atoms with Gasteiger partial charge < -0.3 is 14.4 Å². The molecule has 0 radical (unpaired) electrons. The molecule has 1 saturated heterocycles. The van der Waals surface area contributed by atoms with Crippen molar-refractivity contribution in [2.24, 2.45) is 0 Å². The zero-order valence-corrected chi connectivity index (χ0v) is 14.8. The maximum absolute atomic E-state index is 11.6. The van der Waals surface area contributed by atoms with Crippen LogP contribution in [0.15, 0.2) is 0 Å². The second-order valence-corrected chi connectivity index (χ2v) is 12.2. The highest BCUT2D eigenvalue weighted by Gasteiger charge is 2.46. The first kappa shape index (κ1) is 17.7. The SMILES string of the molecule is CC(C)[Si](O[C@@H](O)CN1CCCC1=O)(C(C)C)C(C)C. The summed E-state index contributed by atoms with van der Waals surface area (Å²) in [6, 6.07) is 0. The fraction of sp³-hybridized carbons (Fsp3) is 0.933. The van der Waals surface area contributed by atoms with Gasteiger partial charge in [0.05, 0.1) is 6.54 Å². The first-order valence-corrected chi connectivity index (χ1v) is 9.99. The molecule has 1 N–H and O–H groups in total. The Kier molecular flexibility index (Phi) is 6.22. The monoisotopic (exact) mass is 301 g/mol. The molecule has 0 aliphatic carbocycles. The van der Waals surface area contributed by atoms with E-state index in [1.165, 1.54) is 0 Å². The van der Waals surface area contributed by atoms with Crippen molar-refractivity contribution in [2.45, 2.75) is 77.3 Å². The van der Waals surface area contributed by atoms with E-state index in [2.05, 4.69) is 41.5 Å². The van der Waals surface area contributed by atoms with E-state index in [4.69, 9.17) is 4.43 Å². The molecule has 1 fully saturated rings. The molecule has 1 aliphatic rings. The molecule has 1 heterocycles. The molecule has 4 nitrogen and oxygen atoms in total. The van der Waals surface area contributed by atoms with Gasteiger partial charge in [0.15, 0.2) is 6.29 Å². The number of carbonyl (C=O) groups excluding carboxylic acids is 1. The van der Waals surface area contributed by atoms with Crippen LogP contribution in [0.1, 0.15) is 54.4 Å². The van der Waals surface area contributed by atoms with Gasteiger partial charge in [-0.15, -0.1) is 0 Å². The summed E-state index contributed by atoms with van der Waals surface area (Å²) >= 11 is 0. The maximum atomic E-state index is 11.6. The zero-order valence-electron chi connectivity index (χ0n) is 13.8. The highest BCUT2D eigenvalue weighted by Crippen LogP contribution is 2.42. The van der Waals surface area contributed by atoms with Gasteiger partial charge in [-0.05, 0) is 23.0 Å². The minimum atomic E-state index is -2.07. The van der Waals surface area contributed by atoms with E-state index < -0.39 is 14.6 Å². The molecule has 1 amide bonds. The normalized spacial score (nSPS) is 18.7. The summed E-state index contributed by atoms with van der Waals surface area (Å²) in [5, 5.41) is 10.3. The Hall–Kier alpha value is -0.393. The van der Waals surface area contributed by atoms with Crippen molar-refractivity contribution in [1.29, 1.82) is 0 Å². The molecular weight excluding hydrogens is 270 g/mol. The summed E-state index contributed by atoms with van der Waals surface area (Å²) < 4.78 is 6.23. The predicted molar refractivity (Wildman–Crippen MR) is 84.0 cm³/mol. The standard InChI is InChI=1S/C15H31NO3Si/c1-11(2)20(12(3)4,13(5)6)19-15(18)10-16-9-7-8-14(16)17/h11-13,15,18H,7-10H2,1-6H3/t15-/m1/s1. The van der Waals surface area contributed by atoms with Gasteiger partial charge in [0.2, 0.25) is 14.2 Å². The summed E-state index contributed by atoms with van der Waals surface area (Å²) in [7, 11) is -2.07. The highest BCUT2D eigenvalue weighted by molar-refractivity contribution is 6.77. The Balaban J connectivity index is 2.76. The van der Waals surface area contributed by atoms with Gasteiger partial charge in [-0.25, -0.2) is 0 Å². The van der Waals surface area contributed by atoms with Crippen LogP contribution in [0, 0.1) is 0 Å². The number of β-amino-alcohol motifs (C(OH)–C–C–N with tert-alkyl or cyclic N) is 1. The van der Waals surface area contributed by atoms with Crippen LogP contribution in [0.3, 0.4) is 0 Å². The van der Waals surface area contributed by atoms with Crippen LogP contribution in [0.4, 0.5) is 0 Å². The quantitative estimate of drug-likeness (QED) is 0.580. The number of hydrogen-bond donors (Lipinski definition) is 1. The molecule has 5 heteroatoms. The van der Waals surface area contributed by atoms with E-state index in [0.717, 1.165) is 13.0 Å². The van der Waals surface area contributed by atoms with Gasteiger partial charge in [0.25, 0.3) is 0 Å². The van der Waals surface area contributed by atoms with Crippen LogP contribution in [0.5, 0.6) is 0 Å². The average molecular weight is 302 g/mol. The first-order valence-electron chi connectivity index (χ1n) is 7.85. The third kappa shape index (κ3) is 3.62. The van der Waals surface area contributed by atoms with Crippen molar-refractivity contribution in [3.63, 3.8) is 0 Å². The van der Waals surface area contributed by atoms with Crippen molar-refractivity contribution in [2.75, 3.05) is 13.1 Å². The molecule has 0 aromatic carbocycles. The van der Waals surface area contributed by atoms with Crippen LogP contribution in [0.2, 0.25) is 16.6 Å². The molecule has 0 spiro atoms. The molecule has 0 aromatic rings. The second kappa shape index (κ2) is 7.05. The highest BCUT2D eigenvalue weighted by atomic mass is 28.4. The maximum Gasteiger partial charge on any atom is 0.222 e. The Morgan fingerprint density at radius 3 is 2.00 bits per heavy atom. The molecule has 0 unspecified atom stereocenters. The Labute approximate surface area is 124 Å². The Morgan fingerprint density at radius 1 is 1.15 bits per heavy atom. The van der Waals surface area contributed by atoms with Crippen molar-refractivity contribution in [3.05, 3.63) is 0 Å². The smallest absolute Gasteiger partial charge is 0.222 e. The van der Waals surface area contributed by atoms with Crippen LogP contribution in [-0.4, -0.2) is 43.6 Å². The van der Waals surface area contributed by atoms with Crippen molar-refractivity contribution >= 4 is 14.2 Å². The van der Waals surface area contributed by atoms with Gasteiger partial charge in [-0.1, -0.05) is 41.5 Å². The molecule has 0 saturated carbocycles. The summed E-state index contributed by atoms with van der Waals surface area (Å²) in [5.74, 6) is 0.138. The minimum Gasteiger partial charge on any atom is -0.390 e. The number of hydrogen-bond acceptors (Lipinski definition) is 3. The number of amides is 1. The van der Waals surface area contributed by atoms with Gasteiger partial charge in [0, 0.05) is 13.0 Å². The molecule has 1 atom stereocenters. The Morgan fingerprint density at radius 2 is 1.65 bits per heavy atom.